The topological polar surface area (TPSA) is 60.6 Å². The van der Waals surface area contributed by atoms with E-state index in [1.807, 2.05) is 6.92 Å². The molecule has 0 saturated heterocycles. The van der Waals surface area contributed by atoms with Crippen molar-refractivity contribution in [3.63, 3.8) is 0 Å². The van der Waals surface area contributed by atoms with Gasteiger partial charge in [0.05, 0.1) is 6.54 Å². The van der Waals surface area contributed by atoms with Gasteiger partial charge in [0.25, 0.3) is 0 Å². The van der Waals surface area contributed by atoms with Gasteiger partial charge in [-0.15, -0.1) is 5.11 Å². The van der Waals surface area contributed by atoms with Crippen molar-refractivity contribution in [3.05, 3.63) is 0 Å². The van der Waals surface area contributed by atoms with Gasteiger partial charge in [0.15, 0.2) is 5.84 Å². The van der Waals surface area contributed by atoms with Crippen LogP contribution in [-0.2, 0) is 0 Å². The van der Waals surface area contributed by atoms with Crippen LogP contribution >= 0.6 is 0 Å². The van der Waals surface area contributed by atoms with Crippen LogP contribution in [-0.4, -0.2) is 26.0 Å². The van der Waals surface area contributed by atoms with Crippen LogP contribution in [0.25, 0.3) is 0 Å². The molecule has 0 amide bonds. The zero-order chi connectivity index (χ0) is 7.11. The van der Waals surface area contributed by atoms with Crippen LogP contribution < -0.4 is 5.32 Å². The summed E-state index contributed by atoms with van der Waals surface area (Å²) in [6.45, 7) is 3.47. The fourth-order valence-corrected chi connectivity index (χ4v) is 0.405. The van der Waals surface area contributed by atoms with Gasteiger partial charge in [0, 0.05) is 7.05 Å². The van der Waals surface area contributed by atoms with E-state index in [4.69, 9.17) is 5.53 Å². The van der Waals surface area contributed by atoms with Crippen molar-refractivity contribution in [2.75, 3.05) is 20.1 Å². The monoisotopic (exact) mass is 128 g/mol. The number of aliphatic imine (C=N–C) groups is 1. The Kier molecular flexibility index (Phi) is 4.91. The van der Waals surface area contributed by atoms with Gasteiger partial charge < -0.3 is 5.32 Å². The van der Waals surface area contributed by atoms with Crippen LogP contribution in [0.2, 0.25) is 0 Å². The largest absolute Gasteiger partial charge is 0.310 e. The predicted molar refractivity (Wildman–Crippen MR) is 37.1 cm³/mol. The lowest BCUT2D eigenvalue weighted by Gasteiger charge is -1.96. The van der Waals surface area contributed by atoms with E-state index in [0.29, 0.717) is 12.4 Å². The molecule has 0 saturated carbocycles. The van der Waals surface area contributed by atoms with Gasteiger partial charge in [-0.3, -0.25) is 4.99 Å². The highest BCUT2D eigenvalue weighted by molar-refractivity contribution is 5.84. The molecule has 4 heteroatoms. The first kappa shape index (κ1) is 8.23. The van der Waals surface area contributed by atoms with Gasteiger partial charge in [-0.2, -0.15) is 0 Å². The predicted octanol–water partition coefficient (Wildman–Crippen LogP) is 0.655. The molecule has 0 spiro atoms. The molecule has 0 aliphatic heterocycles. The minimum absolute atomic E-state index is 0.539. The summed E-state index contributed by atoms with van der Waals surface area (Å²) in [6.07, 6.45) is 0. The highest BCUT2D eigenvalue weighted by atomic mass is 15.1. The lowest BCUT2D eigenvalue weighted by atomic mass is 10.5. The van der Waals surface area contributed by atoms with Crippen LogP contribution in [0, 0.1) is 5.53 Å². The summed E-state index contributed by atoms with van der Waals surface area (Å²) in [4.78, 5) is 3.74. The second kappa shape index (κ2) is 5.37. The summed E-state index contributed by atoms with van der Waals surface area (Å²) in [7, 11) is 1.63. The second-order valence-corrected chi connectivity index (χ2v) is 1.53. The van der Waals surface area contributed by atoms with E-state index in [1.54, 1.807) is 7.05 Å². The van der Waals surface area contributed by atoms with Crippen molar-refractivity contribution < 1.29 is 0 Å². The molecule has 0 fully saturated rings. The second-order valence-electron chi connectivity index (χ2n) is 1.53. The molecule has 0 aromatic rings. The van der Waals surface area contributed by atoms with Crippen LogP contribution in [0.1, 0.15) is 6.92 Å². The molecule has 0 aromatic carbocycles. The fraction of sp³-hybridized carbons (Fsp3) is 0.800. The Balaban J connectivity index is 3.45. The summed E-state index contributed by atoms with van der Waals surface area (Å²) < 4.78 is 0. The van der Waals surface area contributed by atoms with Crippen LogP contribution in [0.4, 0.5) is 0 Å². The molecule has 0 atom stereocenters. The number of rotatable bonds is 3. The minimum atomic E-state index is 0.539. The maximum absolute atomic E-state index is 6.59. The Labute approximate surface area is 54.9 Å². The third-order valence-corrected chi connectivity index (χ3v) is 0.920. The molecule has 0 aromatic heterocycles. The molecular formula is C5H12N4. The molecule has 0 bridgehead atoms. The van der Waals surface area contributed by atoms with Crippen LogP contribution in [0.3, 0.4) is 0 Å². The van der Waals surface area contributed by atoms with Crippen LogP contribution in [0.5, 0.6) is 0 Å². The Morgan fingerprint density at radius 1 is 1.67 bits per heavy atom. The Bertz CT molecular complexity index is 108. The van der Waals surface area contributed by atoms with Crippen LogP contribution in [0.15, 0.2) is 10.1 Å². The average molecular weight is 128 g/mol. The van der Waals surface area contributed by atoms with Crippen molar-refractivity contribution in [1.82, 2.24) is 5.32 Å². The lowest BCUT2D eigenvalue weighted by Crippen LogP contribution is -2.20. The molecule has 0 rings (SSSR count). The molecule has 2 N–H and O–H groups in total. The standard InChI is InChI=1S/C5H12N4/c1-3-8-4-5(7-2)9-6/h6,8H,3-4H2,1-2H3. The van der Waals surface area contributed by atoms with E-state index < -0.39 is 0 Å². The van der Waals surface area contributed by atoms with Crippen molar-refractivity contribution in [2.45, 2.75) is 6.92 Å². The Hall–Kier alpha value is -0.770. The Morgan fingerprint density at radius 2 is 2.33 bits per heavy atom. The highest BCUT2D eigenvalue weighted by Gasteiger charge is 1.89. The van der Waals surface area contributed by atoms with Crippen molar-refractivity contribution in [3.8, 4) is 0 Å². The maximum Gasteiger partial charge on any atom is 0.159 e. The molecule has 0 heterocycles. The number of amidine groups is 1. The molecular weight excluding hydrogens is 116 g/mol. The van der Waals surface area contributed by atoms with Gasteiger partial charge in [0.1, 0.15) is 0 Å². The summed E-state index contributed by atoms with van der Waals surface area (Å²) in [5.74, 6) is 0.539. The minimum Gasteiger partial charge on any atom is -0.310 e. The van der Waals surface area contributed by atoms with E-state index in [0.717, 1.165) is 6.54 Å². The van der Waals surface area contributed by atoms with E-state index in [-0.39, 0.29) is 0 Å². The van der Waals surface area contributed by atoms with Gasteiger partial charge in [-0.05, 0) is 6.54 Å². The summed E-state index contributed by atoms with van der Waals surface area (Å²) in [6, 6.07) is 0. The summed E-state index contributed by atoms with van der Waals surface area (Å²) in [5, 5.41) is 6.19. The van der Waals surface area contributed by atoms with Gasteiger partial charge in [-0.1, -0.05) is 6.92 Å². The maximum atomic E-state index is 6.59. The first-order valence-electron chi connectivity index (χ1n) is 2.89. The first-order valence-corrected chi connectivity index (χ1v) is 2.89. The van der Waals surface area contributed by atoms with Crippen molar-refractivity contribution in [1.29, 1.82) is 5.53 Å². The molecule has 52 valence electrons. The third-order valence-electron chi connectivity index (χ3n) is 0.920. The molecule has 0 aliphatic carbocycles. The SMILES string of the molecule is CCNCC(N=N)=NC. The molecule has 0 unspecified atom stereocenters. The number of hydrogen-bond donors (Lipinski definition) is 2. The zero-order valence-electron chi connectivity index (χ0n) is 5.81. The van der Waals surface area contributed by atoms with E-state index >= 15 is 0 Å². The fourth-order valence-electron chi connectivity index (χ4n) is 0.405. The smallest absolute Gasteiger partial charge is 0.159 e. The first-order chi connectivity index (χ1) is 4.35. The summed E-state index contributed by atoms with van der Waals surface area (Å²) in [5.41, 5.74) is 6.59. The molecule has 0 radical (unpaired) electrons. The molecule has 9 heavy (non-hydrogen) atoms. The zero-order valence-corrected chi connectivity index (χ0v) is 5.81. The normalized spacial score (nSPS) is 11.6. The number of nitrogens with zero attached hydrogens (tertiary/aromatic N) is 2. The summed E-state index contributed by atoms with van der Waals surface area (Å²) >= 11 is 0. The Morgan fingerprint density at radius 3 is 2.67 bits per heavy atom. The van der Waals surface area contributed by atoms with Gasteiger partial charge in [-0.25, -0.2) is 5.53 Å². The number of nitrogens with one attached hydrogen (secondary N) is 2. The van der Waals surface area contributed by atoms with Gasteiger partial charge in [0.2, 0.25) is 0 Å². The lowest BCUT2D eigenvalue weighted by molar-refractivity contribution is 0.808. The molecule has 0 aliphatic rings. The quantitative estimate of drug-likeness (QED) is 0.327. The van der Waals surface area contributed by atoms with Crippen molar-refractivity contribution >= 4 is 5.84 Å². The van der Waals surface area contributed by atoms with Gasteiger partial charge >= 0.3 is 0 Å². The van der Waals surface area contributed by atoms with E-state index in [9.17, 15) is 0 Å². The number of hydrogen-bond acceptors (Lipinski definition) is 3. The van der Waals surface area contributed by atoms with E-state index in [2.05, 4.69) is 15.4 Å². The highest BCUT2D eigenvalue weighted by Crippen LogP contribution is 1.74. The molecule has 4 nitrogen and oxygen atoms in total. The third kappa shape index (κ3) is 3.78. The van der Waals surface area contributed by atoms with E-state index in [1.165, 1.54) is 0 Å². The average Bonchev–Trinajstić information content (AvgIpc) is 1.91. The number of likely N-dealkylation sites (N-methyl/N-ethyl adjacent to an activating group) is 1. The van der Waals surface area contributed by atoms with Crippen molar-refractivity contribution in [2.24, 2.45) is 10.1 Å².